The van der Waals surface area contributed by atoms with Gasteiger partial charge in [-0.1, -0.05) is 23.2 Å². The summed E-state index contributed by atoms with van der Waals surface area (Å²) in [6.45, 7) is 5.76. The summed E-state index contributed by atoms with van der Waals surface area (Å²) in [4.78, 5) is 37.6. The van der Waals surface area contributed by atoms with Gasteiger partial charge in [0, 0.05) is 26.2 Å². The van der Waals surface area contributed by atoms with E-state index in [2.05, 4.69) is 9.97 Å². The van der Waals surface area contributed by atoms with E-state index in [4.69, 9.17) is 39.5 Å². The van der Waals surface area contributed by atoms with Crippen molar-refractivity contribution < 1.29 is 14.3 Å². The van der Waals surface area contributed by atoms with Crippen molar-refractivity contribution in [3.05, 3.63) is 27.9 Å². The zero-order chi connectivity index (χ0) is 21.1. The van der Waals surface area contributed by atoms with Gasteiger partial charge in [-0.3, -0.25) is 4.79 Å². The van der Waals surface area contributed by atoms with Crippen molar-refractivity contribution in [2.75, 3.05) is 37.7 Å². The van der Waals surface area contributed by atoms with Gasteiger partial charge in [-0.05, 0) is 32.4 Å². The summed E-state index contributed by atoms with van der Waals surface area (Å²) >= 11 is 18.2. The van der Waals surface area contributed by atoms with Gasteiger partial charge in [0.1, 0.15) is 5.38 Å². The first-order chi connectivity index (χ1) is 13.8. The molecule has 1 fully saturated rings. The first-order valence-electron chi connectivity index (χ1n) is 9.33. The maximum atomic E-state index is 12.6. The second-order valence-electron chi connectivity index (χ2n) is 6.65. The average molecular weight is 460 g/mol. The van der Waals surface area contributed by atoms with E-state index in [0.717, 1.165) is 0 Å². The average Bonchev–Trinajstić information content (AvgIpc) is 2.93. The van der Waals surface area contributed by atoms with Crippen molar-refractivity contribution in [2.24, 2.45) is 0 Å². The van der Waals surface area contributed by atoms with E-state index in [1.807, 2.05) is 4.90 Å². The van der Waals surface area contributed by atoms with Crippen LogP contribution in [0.25, 0.3) is 11.0 Å². The van der Waals surface area contributed by atoms with Crippen LogP contribution < -0.4 is 4.90 Å². The predicted octanol–water partition coefficient (Wildman–Crippen LogP) is 3.78. The fraction of sp³-hybridized carbons (Fsp3) is 0.474. The Bertz CT molecular complexity index is 939. The summed E-state index contributed by atoms with van der Waals surface area (Å²) in [7, 11) is 0. The Morgan fingerprint density at radius 1 is 1.10 bits per heavy atom. The topological polar surface area (TPSA) is 75.6 Å². The molecule has 1 aliphatic rings. The smallest absolute Gasteiger partial charge is 0.360 e. The number of fused-ring (bicyclic) bond motifs is 1. The number of aromatic nitrogens is 2. The molecule has 3 rings (SSSR count). The summed E-state index contributed by atoms with van der Waals surface area (Å²) in [6.07, 6.45) is 0.707. The lowest BCUT2D eigenvalue weighted by Crippen LogP contribution is -2.39. The summed E-state index contributed by atoms with van der Waals surface area (Å²) in [5.41, 5.74) is 1.09. The van der Waals surface area contributed by atoms with Gasteiger partial charge in [-0.2, -0.15) is 0 Å². The number of carbonyl (C=O) groups is 2. The lowest BCUT2D eigenvalue weighted by atomic mass is 10.2. The Kier molecular flexibility index (Phi) is 7.03. The molecule has 2 heterocycles. The summed E-state index contributed by atoms with van der Waals surface area (Å²) < 4.78 is 5.18. The highest BCUT2D eigenvalue weighted by atomic mass is 35.5. The number of benzene rings is 1. The van der Waals surface area contributed by atoms with Crippen molar-refractivity contribution in [3.8, 4) is 0 Å². The van der Waals surface area contributed by atoms with Crippen LogP contribution in [-0.4, -0.2) is 64.9 Å². The Morgan fingerprint density at radius 2 is 1.76 bits per heavy atom. The molecule has 0 spiro atoms. The molecule has 1 amide bonds. The highest BCUT2D eigenvalue weighted by Gasteiger charge is 2.27. The van der Waals surface area contributed by atoms with Gasteiger partial charge in [-0.25, -0.2) is 14.8 Å². The molecule has 1 saturated heterocycles. The molecular formula is C19H21Cl3N4O3. The molecule has 29 heavy (non-hydrogen) atoms. The van der Waals surface area contributed by atoms with E-state index >= 15 is 0 Å². The number of esters is 1. The molecule has 2 aromatic rings. The molecule has 0 bridgehead atoms. The Labute approximate surface area is 183 Å². The van der Waals surface area contributed by atoms with Crippen LogP contribution in [0.1, 0.15) is 30.8 Å². The summed E-state index contributed by atoms with van der Waals surface area (Å²) in [5, 5.41) is 0.103. The largest absolute Gasteiger partial charge is 0.461 e. The van der Waals surface area contributed by atoms with E-state index in [1.54, 1.807) is 30.9 Å². The Balaban J connectivity index is 2.00. The van der Waals surface area contributed by atoms with Crippen LogP contribution in [-0.2, 0) is 9.53 Å². The van der Waals surface area contributed by atoms with E-state index < -0.39 is 11.3 Å². The van der Waals surface area contributed by atoms with Crippen LogP contribution in [0.15, 0.2) is 12.1 Å². The quantitative estimate of drug-likeness (QED) is 0.512. The maximum Gasteiger partial charge on any atom is 0.360 e. The molecule has 1 aromatic carbocycles. The molecule has 1 aromatic heterocycles. The van der Waals surface area contributed by atoms with Gasteiger partial charge in [-0.15, -0.1) is 11.6 Å². The van der Waals surface area contributed by atoms with E-state index in [-0.39, 0.29) is 18.2 Å². The highest BCUT2D eigenvalue weighted by Crippen LogP contribution is 2.29. The van der Waals surface area contributed by atoms with Crippen molar-refractivity contribution >= 4 is 63.5 Å². The van der Waals surface area contributed by atoms with Crippen LogP contribution >= 0.6 is 34.8 Å². The number of halogens is 3. The van der Waals surface area contributed by atoms with E-state index in [0.29, 0.717) is 59.5 Å². The van der Waals surface area contributed by atoms with Crippen LogP contribution in [0.3, 0.4) is 0 Å². The molecule has 156 valence electrons. The van der Waals surface area contributed by atoms with E-state index in [9.17, 15) is 9.59 Å². The first-order valence-corrected chi connectivity index (χ1v) is 10.5. The van der Waals surface area contributed by atoms with Gasteiger partial charge < -0.3 is 14.5 Å². The third-order valence-corrected chi connectivity index (χ3v) is 5.51. The second kappa shape index (κ2) is 9.32. The number of amides is 1. The zero-order valence-electron chi connectivity index (χ0n) is 16.1. The summed E-state index contributed by atoms with van der Waals surface area (Å²) in [6, 6.07) is 3.19. The zero-order valence-corrected chi connectivity index (χ0v) is 18.4. The number of nitrogens with zero attached hydrogens (tertiary/aromatic N) is 4. The Morgan fingerprint density at radius 3 is 2.38 bits per heavy atom. The number of alkyl halides is 1. The second-order valence-corrected chi connectivity index (χ2v) is 8.12. The van der Waals surface area contributed by atoms with Gasteiger partial charge in [0.05, 0.1) is 27.7 Å². The molecule has 10 heteroatoms. The van der Waals surface area contributed by atoms with Crippen LogP contribution in [0.2, 0.25) is 10.0 Å². The van der Waals surface area contributed by atoms with Gasteiger partial charge in [0.2, 0.25) is 5.91 Å². The standard InChI is InChI=1S/C19H21Cl3N4O3/c1-3-29-19(28)16-17(24-15-10-13(22)12(21)9-14(15)23-16)25-5-4-6-26(8-7-25)18(27)11(2)20/h9-11H,3-8H2,1-2H3/t11-/m1/s1. The lowest BCUT2D eigenvalue weighted by molar-refractivity contribution is -0.130. The fourth-order valence-corrected chi connectivity index (χ4v) is 3.65. The van der Waals surface area contributed by atoms with Gasteiger partial charge in [0.25, 0.3) is 0 Å². The lowest BCUT2D eigenvalue weighted by Gasteiger charge is -2.24. The van der Waals surface area contributed by atoms with E-state index in [1.165, 1.54) is 0 Å². The maximum absolute atomic E-state index is 12.6. The third-order valence-electron chi connectivity index (χ3n) is 4.60. The first kappa shape index (κ1) is 21.9. The fourth-order valence-electron chi connectivity index (χ4n) is 3.20. The van der Waals surface area contributed by atoms with Gasteiger partial charge in [0.15, 0.2) is 11.5 Å². The molecule has 0 N–H and O–H groups in total. The minimum absolute atomic E-state index is 0.106. The normalized spacial score (nSPS) is 15.9. The monoisotopic (exact) mass is 458 g/mol. The number of anilines is 1. The van der Waals surface area contributed by atoms with Gasteiger partial charge >= 0.3 is 5.97 Å². The molecule has 0 saturated carbocycles. The highest BCUT2D eigenvalue weighted by molar-refractivity contribution is 6.42. The minimum Gasteiger partial charge on any atom is -0.461 e. The number of carbonyl (C=O) groups excluding carboxylic acids is 2. The van der Waals surface area contributed by atoms with Crippen molar-refractivity contribution in [2.45, 2.75) is 25.6 Å². The molecule has 1 atom stereocenters. The van der Waals surface area contributed by atoms with Crippen molar-refractivity contribution in [1.29, 1.82) is 0 Å². The Hall–Kier alpha value is -1.83. The number of hydrogen-bond acceptors (Lipinski definition) is 6. The number of rotatable bonds is 4. The third kappa shape index (κ3) is 4.85. The van der Waals surface area contributed by atoms with Crippen LogP contribution in [0.5, 0.6) is 0 Å². The minimum atomic E-state index is -0.580. The van der Waals surface area contributed by atoms with Crippen molar-refractivity contribution in [3.63, 3.8) is 0 Å². The molecule has 0 unspecified atom stereocenters. The van der Waals surface area contributed by atoms with Crippen LogP contribution in [0, 0.1) is 0 Å². The molecule has 0 radical (unpaired) electrons. The SMILES string of the molecule is CCOC(=O)c1nc2cc(Cl)c(Cl)cc2nc1N1CCCN(C(=O)[C@@H](C)Cl)CC1. The molecule has 7 nitrogen and oxygen atoms in total. The molecule has 1 aliphatic heterocycles. The number of hydrogen-bond donors (Lipinski definition) is 0. The molecular weight excluding hydrogens is 439 g/mol. The molecule has 0 aliphatic carbocycles. The van der Waals surface area contributed by atoms with Crippen molar-refractivity contribution in [1.82, 2.24) is 14.9 Å². The van der Waals surface area contributed by atoms with Crippen LogP contribution in [0.4, 0.5) is 5.82 Å². The number of ether oxygens (including phenoxy) is 1. The predicted molar refractivity (Wildman–Crippen MR) is 114 cm³/mol. The summed E-state index contributed by atoms with van der Waals surface area (Å²) in [5.74, 6) is -0.262.